The molecule has 0 aliphatic carbocycles. The predicted octanol–water partition coefficient (Wildman–Crippen LogP) is 2.01. The molecule has 0 amide bonds. The van der Waals surface area contributed by atoms with Crippen LogP contribution in [0.25, 0.3) is 5.65 Å². The third-order valence-electron chi connectivity index (χ3n) is 3.26. The zero-order chi connectivity index (χ0) is 11.7. The third-order valence-corrected chi connectivity index (χ3v) is 3.26. The number of pyridine rings is 1. The highest BCUT2D eigenvalue weighted by atomic mass is 16.5. The van der Waals surface area contributed by atoms with Crippen LogP contribution in [-0.2, 0) is 11.2 Å². The molecule has 0 radical (unpaired) electrons. The minimum atomic E-state index is 0.235. The summed E-state index contributed by atoms with van der Waals surface area (Å²) in [6, 6.07) is 3.48. The summed E-state index contributed by atoms with van der Waals surface area (Å²) in [6.07, 6.45) is 7.18. The minimum Gasteiger partial charge on any atom is -0.504 e. The second kappa shape index (κ2) is 4.37. The van der Waals surface area contributed by atoms with E-state index in [1.807, 2.05) is 22.9 Å². The monoisotopic (exact) mass is 232 g/mol. The van der Waals surface area contributed by atoms with Crippen LogP contribution in [0.4, 0.5) is 0 Å². The molecule has 1 aliphatic rings. The van der Waals surface area contributed by atoms with E-state index in [0.717, 1.165) is 31.7 Å². The van der Waals surface area contributed by atoms with Gasteiger partial charge >= 0.3 is 0 Å². The van der Waals surface area contributed by atoms with Crippen molar-refractivity contribution < 1.29 is 9.84 Å². The van der Waals surface area contributed by atoms with E-state index < -0.39 is 0 Å². The zero-order valence-electron chi connectivity index (χ0n) is 9.67. The van der Waals surface area contributed by atoms with E-state index in [2.05, 4.69) is 4.98 Å². The Balaban J connectivity index is 1.83. The van der Waals surface area contributed by atoms with Crippen LogP contribution in [0.5, 0.6) is 5.75 Å². The lowest BCUT2D eigenvalue weighted by atomic mass is 9.97. The molecule has 0 saturated carbocycles. The van der Waals surface area contributed by atoms with Crippen molar-refractivity contribution >= 4 is 5.65 Å². The number of aromatic hydroxyl groups is 1. The normalized spacial score (nSPS) is 20.8. The van der Waals surface area contributed by atoms with Crippen molar-refractivity contribution in [2.45, 2.75) is 19.3 Å². The van der Waals surface area contributed by atoms with E-state index >= 15 is 0 Å². The van der Waals surface area contributed by atoms with Gasteiger partial charge in [0.1, 0.15) is 0 Å². The molecule has 1 N–H and O–H groups in total. The fourth-order valence-corrected chi connectivity index (χ4v) is 2.41. The van der Waals surface area contributed by atoms with Gasteiger partial charge in [-0.3, -0.25) is 0 Å². The molecule has 90 valence electrons. The van der Waals surface area contributed by atoms with E-state index in [1.165, 1.54) is 6.42 Å². The average molecular weight is 232 g/mol. The highest BCUT2D eigenvalue weighted by Crippen LogP contribution is 2.21. The quantitative estimate of drug-likeness (QED) is 0.861. The first-order valence-electron chi connectivity index (χ1n) is 6.06. The molecule has 0 bridgehead atoms. The molecule has 17 heavy (non-hydrogen) atoms. The Kier molecular flexibility index (Phi) is 2.73. The van der Waals surface area contributed by atoms with Crippen molar-refractivity contribution in [1.82, 2.24) is 9.38 Å². The smallest absolute Gasteiger partial charge is 0.179 e. The lowest BCUT2D eigenvalue weighted by Gasteiger charge is -2.20. The molecule has 1 saturated heterocycles. The number of imidazole rings is 1. The van der Waals surface area contributed by atoms with E-state index in [0.29, 0.717) is 11.6 Å². The molecular weight excluding hydrogens is 216 g/mol. The summed E-state index contributed by atoms with van der Waals surface area (Å²) in [6.45, 7) is 1.72. The number of ether oxygens (including phenoxy) is 1. The van der Waals surface area contributed by atoms with Gasteiger partial charge in [-0.15, -0.1) is 0 Å². The maximum Gasteiger partial charge on any atom is 0.179 e. The Morgan fingerprint density at radius 1 is 1.53 bits per heavy atom. The number of fused-ring (bicyclic) bond motifs is 1. The zero-order valence-corrected chi connectivity index (χ0v) is 9.67. The van der Waals surface area contributed by atoms with Gasteiger partial charge < -0.3 is 14.2 Å². The fourth-order valence-electron chi connectivity index (χ4n) is 2.41. The minimum absolute atomic E-state index is 0.235. The molecule has 4 nitrogen and oxygen atoms in total. The van der Waals surface area contributed by atoms with Crippen LogP contribution in [0.3, 0.4) is 0 Å². The third kappa shape index (κ3) is 2.13. The molecule has 1 unspecified atom stereocenters. The van der Waals surface area contributed by atoms with Gasteiger partial charge in [0.15, 0.2) is 11.4 Å². The predicted molar refractivity (Wildman–Crippen MR) is 64.1 cm³/mol. The van der Waals surface area contributed by atoms with Crippen molar-refractivity contribution in [3.63, 3.8) is 0 Å². The van der Waals surface area contributed by atoms with Crippen molar-refractivity contribution in [2.75, 3.05) is 13.2 Å². The van der Waals surface area contributed by atoms with Gasteiger partial charge in [0, 0.05) is 25.6 Å². The van der Waals surface area contributed by atoms with Gasteiger partial charge in [0.25, 0.3) is 0 Å². The average Bonchev–Trinajstić information content (AvgIpc) is 2.74. The van der Waals surface area contributed by atoms with Crippen molar-refractivity contribution in [3.05, 3.63) is 30.2 Å². The molecule has 1 fully saturated rings. The second-order valence-corrected chi connectivity index (χ2v) is 4.64. The van der Waals surface area contributed by atoms with Gasteiger partial charge in [0.2, 0.25) is 0 Å². The van der Waals surface area contributed by atoms with Crippen LogP contribution in [0.2, 0.25) is 0 Å². The number of rotatable bonds is 2. The van der Waals surface area contributed by atoms with Crippen LogP contribution >= 0.6 is 0 Å². The molecule has 1 aliphatic heterocycles. The van der Waals surface area contributed by atoms with Gasteiger partial charge in [-0.25, -0.2) is 4.98 Å². The van der Waals surface area contributed by atoms with Crippen molar-refractivity contribution in [1.29, 1.82) is 0 Å². The van der Waals surface area contributed by atoms with Crippen LogP contribution in [0.15, 0.2) is 24.5 Å². The Bertz CT molecular complexity index is 515. The van der Waals surface area contributed by atoms with E-state index in [-0.39, 0.29) is 5.75 Å². The number of nitrogens with zero attached hydrogens (tertiary/aromatic N) is 2. The molecule has 4 heteroatoms. The largest absolute Gasteiger partial charge is 0.504 e. The Morgan fingerprint density at radius 3 is 3.24 bits per heavy atom. The Morgan fingerprint density at radius 2 is 2.47 bits per heavy atom. The van der Waals surface area contributed by atoms with Crippen LogP contribution in [0.1, 0.15) is 18.5 Å². The van der Waals surface area contributed by atoms with E-state index in [1.54, 1.807) is 6.07 Å². The van der Waals surface area contributed by atoms with Crippen molar-refractivity contribution in [2.24, 2.45) is 5.92 Å². The maximum absolute atomic E-state index is 9.68. The summed E-state index contributed by atoms with van der Waals surface area (Å²) in [5, 5.41) is 9.68. The molecule has 0 spiro atoms. The van der Waals surface area contributed by atoms with Crippen LogP contribution in [0, 0.1) is 5.92 Å². The molecule has 0 aromatic carbocycles. The summed E-state index contributed by atoms with van der Waals surface area (Å²) in [4.78, 5) is 4.46. The second-order valence-electron chi connectivity index (χ2n) is 4.64. The first-order valence-corrected chi connectivity index (χ1v) is 6.06. The summed E-state index contributed by atoms with van der Waals surface area (Å²) >= 11 is 0. The van der Waals surface area contributed by atoms with Crippen LogP contribution < -0.4 is 0 Å². The highest BCUT2D eigenvalue weighted by molar-refractivity contribution is 5.53. The topological polar surface area (TPSA) is 46.8 Å². The Hall–Kier alpha value is -1.55. The molecule has 1 atom stereocenters. The standard InChI is InChI=1S/C13H16N2O2/c16-12-4-1-5-15-8-11(14-13(12)15)7-10-3-2-6-17-9-10/h1,4-5,8,10,16H,2-3,6-7,9H2. The fraction of sp³-hybridized carbons (Fsp3) is 0.462. The first-order chi connectivity index (χ1) is 8.33. The number of aromatic nitrogens is 2. The van der Waals surface area contributed by atoms with Gasteiger partial charge in [0.05, 0.1) is 5.69 Å². The van der Waals surface area contributed by atoms with Gasteiger partial charge in [-0.1, -0.05) is 0 Å². The van der Waals surface area contributed by atoms with Crippen LogP contribution in [-0.4, -0.2) is 27.7 Å². The van der Waals surface area contributed by atoms with Gasteiger partial charge in [-0.2, -0.15) is 0 Å². The maximum atomic E-state index is 9.68. The summed E-state index contributed by atoms with van der Waals surface area (Å²) in [5.74, 6) is 0.800. The lowest BCUT2D eigenvalue weighted by Crippen LogP contribution is -2.19. The summed E-state index contributed by atoms with van der Waals surface area (Å²) in [7, 11) is 0. The molecule has 2 aromatic heterocycles. The Labute approximate surface area is 99.9 Å². The molecule has 3 rings (SSSR count). The van der Waals surface area contributed by atoms with Crippen molar-refractivity contribution in [3.8, 4) is 5.75 Å². The SMILES string of the molecule is Oc1cccn2cc(CC3CCCOC3)nc12. The lowest BCUT2D eigenvalue weighted by molar-refractivity contribution is 0.0547. The molecule has 2 aromatic rings. The molecule has 3 heterocycles. The number of hydrogen-bond donors (Lipinski definition) is 1. The highest BCUT2D eigenvalue weighted by Gasteiger charge is 2.16. The first kappa shape index (κ1) is 10.6. The summed E-state index contributed by atoms with van der Waals surface area (Å²) in [5.41, 5.74) is 1.67. The molecular formula is C13H16N2O2. The van der Waals surface area contributed by atoms with E-state index in [9.17, 15) is 5.11 Å². The van der Waals surface area contributed by atoms with Gasteiger partial charge in [-0.05, 0) is 37.3 Å². The van der Waals surface area contributed by atoms with E-state index in [4.69, 9.17) is 4.74 Å². The number of hydrogen-bond acceptors (Lipinski definition) is 3. The summed E-state index contributed by atoms with van der Waals surface area (Å²) < 4.78 is 7.34.